The van der Waals surface area contributed by atoms with Crippen LogP contribution in [-0.2, 0) is 11.3 Å². The van der Waals surface area contributed by atoms with Gasteiger partial charge >= 0.3 is 0 Å². The number of benzene rings is 1. The molecule has 2 aromatic rings. The predicted molar refractivity (Wildman–Crippen MR) is 78.1 cm³/mol. The SMILES string of the molecule is Cc1ccccc1C1C(=O)NCCN1Cc1cc[nH]c1. The monoisotopic (exact) mass is 269 g/mol. The van der Waals surface area contributed by atoms with Crippen LogP contribution in [0, 0.1) is 6.92 Å². The molecule has 2 heterocycles. The Kier molecular flexibility index (Phi) is 3.56. The van der Waals surface area contributed by atoms with Crippen molar-refractivity contribution in [3.05, 3.63) is 59.4 Å². The number of hydrogen-bond donors (Lipinski definition) is 2. The number of aryl methyl sites for hydroxylation is 1. The number of carbonyl (C=O) groups is 1. The summed E-state index contributed by atoms with van der Waals surface area (Å²) in [6.45, 7) is 4.43. The molecule has 0 radical (unpaired) electrons. The topological polar surface area (TPSA) is 48.1 Å². The summed E-state index contributed by atoms with van der Waals surface area (Å²) in [6.07, 6.45) is 3.91. The van der Waals surface area contributed by atoms with Crippen molar-refractivity contribution in [1.82, 2.24) is 15.2 Å². The third kappa shape index (κ3) is 2.47. The van der Waals surface area contributed by atoms with E-state index >= 15 is 0 Å². The zero-order valence-corrected chi connectivity index (χ0v) is 11.6. The van der Waals surface area contributed by atoms with Gasteiger partial charge in [0.2, 0.25) is 5.91 Å². The fourth-order valence-corrected chi connectivity index (χ4v) is 2.81. The van der Waals surface area contributed by atoms with Crippen LogP contribution in [0.5, 0.6) is 0 Å². The van der Waals surface area contributed by atoms with Crippen LogP contribution < -0.4 is 5.32 Å². The van der Waals surface area contributed by atoms with Gasteiger partial charge in [-0.1, -0.05) is 24.3 Å². The molecule has 1 aliphatic heterocycles. The standard InChI is InChI=1S/C16H19N3O/c1-12-4-2-3-5-14(12)15-16(20)18-8-9-19(15)11-13-6-7-17-10-13/h2-7,10,15,17H,8-9,11H2,1H3,(H,18,20). The molecular formula is C16H19N3O. The minimum atomic E-state index is -0.195. The molecule has 0 saturated carbocycles. The van der Waals surface area contributed by atoms with Gasteiger partial charge in [-0.2, -0.15) is 0 Å². The first-order valence-electron chi connectivity index (χ1n) is 6.94. The highest BCUT2D eigenvalue weighted by Crippen LogP contribution is 2.27. The van der Waals surface area contributed by atoms with Gasteiger partial charge in [0.15, 0.2) is 0 Å². The highest BCUT2D eigenvalue weighted by molar-refractivity contribution is 5.84. The van der Waals surface area contributed by atoms with Gasteiger partial charge < -0.3 is 10.3 Å². The molecule has 2 N–H and O–H groups in total. The maximum atomic E-state index is 12.3. The van der Waals surface area contributed by atoms with Gasteiger partial charge in [0.05, 0.1) is 0 Å². The van der Waals surface area contributed by atoms with Crippen molar-refractivity contribution in [2.24, 2.45) is 0 Å². The number of H-pyrrole nitrogens is 1. The lowest BCUT2D eigenvalue weighted by molar-refractivity contribution is -0.129. The van der Waals surface area contributed by atoms with Gasteiger partial charge in [-0.25, -0.2) is 0 Å². The molecule has 0 aliphatic carbocycles. The summed E-state index contributed by atoms with van der Waals surface area (Å²) < 4.78 is 0. The third-order valence-corrected chi connectivity index (χ3v) is 3.84. The lowest BCUT2D eigenvalue weighted by Crippen LogP contribution is -2.49. The fraction of sp³-hybridized carbons (Fsp3) is 0.312. The molecule has 0 spiro atoms. The molecule has 1 aliphatic rings. The van der Waals surface area contributed by atoms with Gasteiger partial charge in [0.1, 0.15) is 6.04 Å². The number of aromatic amines is 1. The summed E-state index contributed by atoms with van der Waals surface area (Å²) in [5, 5.41) is 2.98. The summed E-state index contributed by atoms with van der Waals surface area (Å²) in [7, 11) is 0. The molecule has 4 nitrogen and oxygen atoms in total. The highest BCUT2D eigenvalue weighted by Gasteiger charge is 2.31. The van der Waals surface area contributed by atoms with E-state index in [1.807, 2.05) is 24.5 Å². The van der Waals surface area contributed by atoms with Crippen molar-refractivity contribution in [1.29, 1.82) is 0 Å². The van der Waals surface area contributed by atoms with Gasteiger partial charge in [-0.15, -0.1) is 0 Å². The first-order valence-corrected chi connectivity index (χ1v) is 6.94. The molecule has 1 amide bonds. The number of nitrogens with zero attached hydrogens (tertiary/aromatic N) is 1. The van der Waals surface area contributed by atoms with Crippen molar-refractivity contribution in [2.45, 2.75) is 19.5 Å². The maximum Gasteiger partial charge on any atom is 0.242 e. The second-order valence-electron chi connectivity index (χ2n) is 5.24. The van der Waals surface area contributed by atoms with E-state index in [0.29, 0.717) is 6.54 Å². The molecule has 1 aromatic heterocycles. The number of amides is 1. The summed E-state index contributed by atoms with van der Waals surface area (Å²) in [6, 6.07) is 9.98. The Morgan fingerprint density at radius 3 is 2.90 bits per heavy atom. The van der Waals surface area contributed by atoms with Crippen molar-refractivity contribution in [2.75, 3.05) is 13.1 Å². The van der Waals surface area contributed by atoms with E-state index in [-0.39, 0.29) is 11.9 Å². The normalized spacial score (nSPS) is 19.9. The number of rotatable bonds is 3. The Morgan fingerprint density at radius 2 is 2.15 bits per heavy atom. The summed E-state index contributed by atoms with van der Waals surface area (Å²) >= 11 is 0. The van der Waals surface area contributed by atoms with E-state index in [9.17, 15) is 4.79 Å². The number of hydrogen-bond acceptors (Lipinski definition) is 2. The van der Waals surface area contributed by atoms with Crippen LogP contribution in [-0.4, -0.2) is 28.9 Å². The molecule has 1 atom stereocenters. The number of aromatic nitrogens is 1. The van der Waals surface area contributed by atoms with Gasteiger partial charge in [0.25, 0.3) is 0 Å². The van der Waals surface area contributed by atoms with Crippen LogP contribution in [0.4, 0.5) is 0 Å². The van der Waals surface area contributed by atoms with Crippen LogP contribution in [0.2, 0.25) is 0 Å². The highest BCUT2D eigenvalue weighted by atomic mass is 16.2. The Hall–Kier alpha value is -2.07. The van der Waals surface area contributed by atoms with Crippen molar-refractivity contribution in [3.8, 4) is 0 Å². The minimum absolute atomic E-state index is 0.0982. The second kappa shape index (κ2) is 5.51. The average Bonchev–Trinajstić information content (AvgIpc) is 2.93. The molecular weight excluding hydrogens is 250 g/mol. The smallest absolute Gasteiger partial charge is 0.242 e. The van der Waals surface area contributed by atoms with Crippen molar-refractivity contribution in [3.63, 3.8) is 0 Å². The largest absolute Gasteiger partial charge is 0.367 e. The Bertz CT molecular complexity index is 592. The molecule has 3 rings (SSSR count). The maximum absolute atomic E-state index is 12.3. The first-order chi connectivity index (χ1) is 9.75. The molecule has 1 saturated heterocycles. The summed E-state index contributed by atoms with van der Waals surface area (Å²) in [4.78, 5) is 17.6. The lowest BCUT2D eigenvalue weighted by atomic mass is 9.97. The first kappa shape index (κ1) is 12.9. The van der Waals surface area contributed by atoms with Crippen LogP contribution in [0.15, 0.2) is 42.7 Å². The van der Waals surface area contributed by atoms with E-state index in [0.717, 1.165) is 24.2 Å². The minimum Gasteiger partial charge on any atom is -0.367 e. The van der Waals surface area contributed by atoms with Crippen molar-refractivity contribution < 1.29 is 4.79 Å². The van der Waals surface area contributed by atoms with Crippen LogP contribution in [0.1, 0.15) is 22.7 Å². The van der Waals surface area contributed by atoms with Gasteiger partial charge in [-0.3, -0.25) is 9.69 Å². The number of carbonyl (C=O) groups excluding carboxylic acids is 1. The zero-order valence-electron chi connectivity index (χ0n) is 11.6. The molecule has 4 heteroatoms. The van der Waals surface area contributed by atoms with Crippen molar-refractivity contribution >= 4 is 5.91 Å². The predicted octanol–water partition coefficient (Wildman–Crippen LogP) is 2.00. The van der Waals surface area contributed by atoms with Crippen LogP contribution in [0.3, 0.4) is 0 Å². The Balaban J connectivity index is 1.91. The van der Waals surface area contributed by atoms with E-state index in [2.05, 4.69) is 40.3 Å². The molecule has 104 valence electrons. The summed E-state index contributed by atoms with van der Waals surface area (Å²) in [5.74, 6) is 0.0982. The van der Waals surface area contributed by atoms with E-state index in [1.165, 1.54) is 5.56 Å². The molecule has 20 heavy (non-hydrogen) atoms. The molecule has 1 aromatic carbocycles. The quantitative estimate of drug-likeness (QED) is 0.895. The van der Waals surface area contributed by atoms with Crippen LogP contribution >= 0.6 is 0 Å². The Morgan fingerprint density at radius 1 is 1.30 bits per heavy atom. The zero-order chi connectivity index (χ0) is 13.9. The second-order valence-corrected chi connectivity index (χ2v) is 5.24. The number of nitrogens with one attached hydrogen (secondary N) is 2. The van der Waals surface area contributed by atoms with E-state index in [4.69, 9.17) is 0 Å². The van der Waals surface area contributed by atoms with Gasteiger partial charge in [-0.05, 0) is 29.7 Å². The van der Waals surface area contributed by atoms with E-state index < -0.39 is 0 Å². The van der Waals surface area contributed by atoms with E-state index in [1.54, 1.807) is 0 Å². The molecule has 1 unspecified atom stereocenters. The molecule has 1 fully saturated rings. The van der Waals surface area contributed by atoms with Crippen LogP contribution in [0.25, 0.3) is 0 Å². The fourth-order valence-electron chi connectivity index (χ4n) is 2.81. The average molecular weight is 269 g/mol. The summed E-state index contributed by atoms with van der Waals surface area (Å²) in [5.41, 5.74) is 3.46. The third-order valence-electron chi connectivity index (χ3n) is 3.84. The lowest BCUT2D eigenvalue weighted by Gasteiger charge is -2.35. The Labute approximate surface area is 118 Å². The van der Waals surface area contributed by atoms with Gasteiger partial charge in [0, 0.05) is 32.0 Å². The number of piperazine rings is 1. The molecule has 0 bridgehead atoms.